The minimum atomic E-state index is -4.05. The van der Waals surface area contributed by atoms with Crippen molar-refractivity contribution in [1.82, 2.24) is 36.6 Å². The van der Waals surface area contributed by atoms with E-state index in [1.165, 1.54) is 12.1 Å². The normalized spacial score (nSPS) is 18.3. The predicted molar refractivity (Wildman–Crippen MR) is 257 cm³/mol. The first kappa shape index (κ1) is 53.1. The molecule has 20 nitrogen and oxygen atoms in total. The Labute approximate surface area is 406 Å². The van der Waals surface area contributed by atoms with Crippen molar-refractivity contribution in [2.45, 2.75) is 94.1 Å². The number of carbonyl (C=O) groups is 7. The molecule has 5 rings (SSSR count). The molecule has 0 radical (unpaired) electrons. The van der Waals surface area contributed by atoms with E-state index in [1.807, 2.05) is 30.3 Å². The molecule has 6 amide bonds. The van der Waals surface area contributed by atoms with Gasteiger partial charge in [-0.2, -0.15) is 0 Å². The fourth-order valence-electron chi connectivity index (χ4n) is 7.00. The van der Waals surface area contributed by atoms with Crippen LogP contribution >= 0.6 is 0 Å². The van der Waals surface area contributed by atoms with Crippen molar-refractivity contribution in [3.05, 3.63) is 138 Å². The van der Waals surface area contributed by atoms with Gasteiger partial charge in [-0.3, -0.25) is 33.8 Å². The number of aryl methyl sites for hydroxylation is 1. The molecule has 0 aromatic heterocycles. The maximum atomic E-state index is 14.3. The molecule has 4 aromatic rings. The molecule has 21 heteroatoms. The van der Waals surface area contributed by atoms with Crippen molar-refractivity contribution in [2.75, 3.05) is 19.6 Å². The summed E-state index contributed by atoms with van der Waals surface area (Å²) < 4.78 is 38.6. The van der Waals surface area contributed by atoms with Gasteiger partial charge in [-0.15, -0.1) is 0 Å². The highest BCUT2D eigenvalue weighted by Gasteiger charge is 2.33. The maximum Gasteiger partial charge on any atom is 0.407 e. The number of nitrogens with zero attached hydrogens (tertiary/aromatic N) is 1. The lowest BCUT2D eigenvalue weighted by Crippen LogP contribution is -2.58. The number of nitrogens with one attached hydrogen (secondary N) is 7. The summed E-state index contributed by atoms with van der Waals surface area (Å²) in [7, 11) is -4.05. The van der Waals surface area contributed by atoms with Crippen LogP contribution in [-0.2, 0) is 67.9 Å². The average Bonchev–Trinajstić information content (AvgIpc) is 3.35. The summed E-state index contributed by atoms with van der Waals surface area (Å²) in [5.41, 5.74) is 8.88. The molecule has 1 fully saturated rings. The van der Waals surface area contributed by atoms with Gasteiger partial charge in [-0.25, -0.2) is 17.9 Å². The lowest BCUT2D eigenvalue weighted by Gasteiger charge is -2.26. The van der Waals surface area contributed by atoms with Gasteiger partial charge in [-0.1, -0.05) is 109 Å². The maximum absolute atomic E-state index is 14.3. The molecule has 372 valence electrons. The van der Waals surface area contributed by atoms with E-state index in [1.54, 1.807) is 79.7 Å². The Hall–Kier alpha value is -7.81. The molecule has 1 heterocycles. The molecule has 0 bridgehead atoms. The van der Waals surface area contributed by atoms with Crippen LogP contribution < -0.4 is 42.4 Å². The van der Waals surface area contributed by atoms with Crippen molar-refractivity contribution in [3.8, 4) is 0 Å². The van der Waals surface area contributed by atoms with Crippen molar-refractivity contribution in [3.63, 3.8) is 0 Å². The molecule has 4 aromatic carbocycles. The zero-order valence-electron chi connectivity index (χ0n) is 38.7. The molecule has 1 aliphatic heterocycles. The van der Waals surface area contributed by atoms with Crippen LogP contribution in [-0.4, -0.2) is 99.8 Å². The number of nitrogens with two attached hydrogens (primary N) is 1. The first-order valence-electron chi connectivity index (χ1n) is 22.7. The Morgan fingerprint density at radius 2 is 1.17 bits per heavy atom. The third kappa shape index (κ3) is 18.4. The van der Waals surface area contributed by atoms with Gasteiger partial charge in [0.05, 0.1) is 17.9 Å². The molecule has 0 spiro atoms. The van der Waals surface area contributed by atoms with Gasteiger partial charge in [0.1, 0.15) is 37.4 Å². The van der Waals surface area contributed by atoms with E-state index < -0.39 is 94.7 Å². The van der Waals surface area contributed by atoms with E-state index in [2.05, 4.69) is 41.6 Å². The van der Waals surface area contributed by atoms with E-state index in [4.69, 9.17) is 15.2 Å². The minimum absolute atomic E-state index is 0.0104. The Morgan fingerprint density at radius 3 is 1.80 bits per heavy atom. The van der Waals surface area contributed by atoms with Crippen LogP contribution in [0.3, 0.4) is 0 Å². The first-order chi connectivity index (χ1) is 33.6. The van der Waals surface area contributed by atoms with Crippen LogP contribution in [0, 0.1) is 6.92 Å². The van der Waals surface area contributed by atoms with Gasteiger partial charge >= 0.3 is 12.1 Å². The highest BCUT2D eigenvalue weighted by Crippen LogP contribution is 2.12. The van der Waals surface area contributed by atoms with Gasteiger partial charge in [0.15, 0.2) is 0 Å². The number of amides is 6. The second kappa shape index (κ2) is 27.3. The number of alkyl carbamates (subject to hydrolysis) is 1. The molecule has 1 saturated heterocycles. The van der Waals surface area contributed by atoms with Crippen LogP contribution in [0.1, 0.15) is 60.8 Å². The summed E-state index contributed by atoms with van der Waals surface area (Å²) in [4.78, 5) is 99.2. The SMILES string of the molecule is Cc1ccc(S(=O)(=O)NC(N)=NCCC[C@@H]2NC(=O)[C@H](CCCCNC(=O)OCc3ccccc3)NC(=O)[C@@H](Cc3ccccc3)NC(=O)[C@H](CC(=O)OCc3ccccc3)NC(=O)CNC2=O)cc1. The van der Waals surface area contributed by atoms with E-state index in [9.17, 15) is 42.0 Å². The van der Waals surface area contributed by atoms with Crippen molar-refractivity contribution in [2.24, 2.45) is 10.7 Å². The van der Waals surface area contributed by atoms with Crippen LogP contribution in [0.4, 0.5) is 4.79 Å². The Balaban J connectivity index is 1.34. The van der Waals surface area contributed by atoms with Crippen molar-refractivity contribution in [1.29, 1.82) is 0 Å². The highest BCUT2D eigenvalue weighted by molar-refractivity contribution is 7.90. The van der Waals surface area contributed by atoms with Crippen LogP contribution in [0.25, 0.3) is 0 Å². The molecule has 4 atom stereocenters. The summed E-state index contributed by atoms with van der Waals surface area (Å²) in [6.07, 6.45) is -0.733. The number of benzene rings is 4. The van der Waals surface area contributed by atoms with E-state index in [-0.39, 0.29) is 63.3 Å². The number of rotatable bonds is 19. The fourth-order valence-corrected chi connectivity index (χ4v) is 7.95. The van der Waals surface area contributed by atoms with Gasteiger partial charge in [0.25, 0.3) is 10.0 Å². The number of ether oxygens (including phenoxy) is 2. The highest BCUT2D eigenvalue weighted by atomic mass is 32.2. The zero-order valence-corrected chi connectivity index (χ0v) is 39.5. The monoisotopic (exact) mass is 981 g/mol. The van der Waals surface area contributed by atoms with E-state index in [0.29, 0.717) is 17.5 Å². The number of sulfonamides is 1. The molecule has 1 aliphatic rings. The summed E-state index contributed by atoms with van der Waals surface area (Å²) in [5, 5.41) is 15.6. The lowest BCUT2D eigenvalue weighted by atomic mass is 10.0. The quantitative estimate of drug-likeness (QED) is 0.0290. The summed E-state index contributed by atoms with van der Waals surface area (Å²) in [6, 6.07) is 27.2. The summed E-state index contributed by atoms with van der Waals surface area (Å²) >= 11 is 0. The smallest absolute Gasteiger partial charge is 0.407 e. The number of guanidine groups is 1. The third-order valence-electron chi connectivity index (χ3n) is 10.8. The standard InChI is InChI=1S/C49H59N9O11S/c1-33-22-24-37(25-23-33)70(66,67)58-48(50)51-27-13-21-38-44(61)53-30-42(59)54-41(29-43(60)68-31-35-16-7-3-8-17-35)47(64)57-40(28-34-14-5-2-6-15-34)46(63)56-39(45(62)55-38)20-11-12-26-52-49(65)69-32-36-18-9-4-10-19-36/h2-10,14-19,22-25,38-41H,11-13,20-21,26-32H2,1H3,(H,52,65)(H,53,61)(H,54,59)(H,55,62)(H,56,63)(H,57,64)(H3,50,51,58)/t38-,39-,40+,41-/m0/s1. The van der Waals surface area contributed by atoms with Gasteiger partial charge in [0, 0.05) is 19.5 Å². The number of hydrogen-bond donors (Lipinski definition) is 8. The van der Waals surface area contributed by atoms with Crippen LogP contribution in [0.15, 0.2) is 125 Å². The molecule has 0 unspecified atom stereocenters. The molecular weight excluding hydrogens is 923 g/mol. The lowest BCUT2D eigenvalue weighted by molar-refractivity contribution is -0.147. The average molecular weight is 982 g/mol. The Bertz CT molecular complexity index is 2530. The second-order valence-electron chi connectivity index (χ2n) is 16.4. The molecule has 70 heavy (non-hydrogen) atoms. The molecular formula is C49H59N9O11S. The van der Waals surface area contributed by atoms with Crippen LogP contribution in [0.5, 0.6) is 0 Å². The van der Waals surface area contributed by atoms with E-state index >= 15 is 0 Å². The minimum Gasteiger partial charge on any atom is -0.461 e. The van der Waals surface area contributed by atoms with Gasteiger partial charge in [0.2, 0.25) is 35.5 Å². The number of aliphatic imine (C=N–C) groups is 1. The zero-order chi connectivity index (χ0) is 50.3. The van der Waals surface area contributed by atoms with Gasteiger partial charge in [-0.05, 0) is 67.9 Å². The van der Waals surface area contributed by atoms with Crippen molar-refractivity contribution < 1.29 is 51.5 Å². The Kier molecular flexibility index (Phi) is 20.7. The summed E-state index contributed by atoms with van der Waals surface area (Å²) in [5.74, 6) is -5.42. The molecule has 9 N–H and O–H groups in total. The fraction of sp³-hybridized carbons (Fsp3) is 0.347. The second-order valence-corrected chi connectivity index (χ2v) is 18.1. The number of hydrogen-bond acceptors (Lipinski definition) is 12. The summed E-state index contributed by atoms with van der Waals surface area (Å²) in [6.45, 7) is 1.13. The number of carbonyl (C=O) groups excluding carboxylic acids is 7. The molecule has 0 saturated carbocycles. The van der Waals surface area contributed by atoms with Crippen LogP contribution in [0.2, 0.25) is 0 Å². The van der Waals surface area contributed by atoms with Gasteiger partial charge < -0.3 is 47.1 Å². The Morgan fingerprint density at radius 1 is 0.643 bits per heavy atom. The van der Waals surface area contributed by atoms with Crippen molar-refractivity contribution >= 4 is 57.6 Å². The molecule has 0 aliphatic carbocycles. The number of esters is 1. The van der Waals surface area contributed by atoms with E-state index in [0.717, 1.165) is 11.1 Å². The predicted octanol–water partition coefficient (Wildman–Crippen LogP) is 1.91. The topological polar surface area (TPSA) is 295 Å². The number of unbranched alkanes of at least 4 members (excludes halogenated alkanes) is 1. The largest absolute Gasteiger partial charge is 0.461 e. The third-order valence-corrected chi connectivity index (χ3v) is 12.1. The first-order valence-corrected chi connectivity index (χ1v) is 24.2.